The lowest BCUT2D eigenvalue weighted by molar-refractivity contribution is -0.137. The van der Waals surface area contributed by atoms with Crippen LogP contribution in [0.2, 0.25) is 0 Å². The van der Waals surface area contributed by atoms with Crippen molar-refractivity contribution in [2.75, 3.05) is 5.32 Å². The molecule has 5 nitrogen and oxygen atoms in total. The van der Waals surface area contributed by atoms with Gasteiger partial charge in [0.2, 0.25) is 5.95 Å². The van der Waals surface area contributed by atoms with Gasteiger partial charge in [0.25, 0.3) is 0 Å². The minimum Gasteiger partial charge on any atom is -0.350 e. The number of benzene rings is 2. The molecule has 0 aliphatic heterocycles. The van der Waals surface area contributed by atoms with Gasteiger partial charge < -0.3 is 5.32 Å². The Bertz CT molecular complexity index is 1040. The smallest absolute Gasteiger partial charge is 0.350 e. The van der Waals surface area contributed by atoms with Gasteiger partial charge in [-0.3, -0.25) is 4.79 Å². The summed E-state index contributed by atoms with van der Waals surface area (Å²) in [6, 6.07) is 13.2. The predicted octanol–water partition coefficient (Wildman–Crippen LogP) is 4.21. The molecule has 140 valence electrons. The first-order valence-electron chi connectivity index (χ1n) is 8.14. The van der Waals surface area contributed by atoms with Crippen molar-refractivity contribution in [2.45, 2.75) is 12.7 Å². The van der Waals surface area contributed by atoms with Gasteiger partial charge in [-0.15, -0.1) is 0 Å². The summed E-state index contributed by atoms with van der Waals surface area (Å²) in [5.74, 6) is -0.345. The van der Waals surface area contributed by atoms with Gasteiger partial charge in [-0.1, -0.05) is 24.3 Å². The number of halogens is 3. The summed E-state index contributed by atoms with van der Waals surface area (Å²) in [6.07, 6.45) is -2.02. The molecular weight excluding hydrogens is 369 g/mol. The zero-order valence-corrected chi connectivity index (χ0v) is 14.4. The summed E-state index contributed by atoms with van der Waals surface area (Å²) in [7, 11) is 0. The van der Waals surface area contributed by atoms with Gasteiger partial charge >= 0.3 is 6.18 Å². The molecule has 3 aromatic rings. The SMILES string of the molecule is N#Cc1cccc(CNc2ncc(C(=O)c3cccc(C(F)(F)F)c3)cn2)c1. The van der Waals surface area contributed by atoms with Crippen molar-refractivity contribution in [3.8, 4) is 6.07 Å². The molecule has 0 radical (unpaired) electrons. The van der Waals surface area contributed by atoms with Crippen LogP contribution in [-0.2, 0) is 12.7 Å². The molecule has 28 heavy (non-hydrogen) atoms. The standard InChI is InChI=1S/C20H13F3N4O/c21-20(22,23)17-6-2-5-15(8-17)18(28)16-11-26-19(27-12-16)25-10-14-4-1-3-13(7-14)9-24/h1-8,11-12H,10H2,(H,25,26,27). The van der Waals surface area contributed by atoms with E-state index >= 15 is 0 Å². The Morgan fingerprint density at radius 3 is 2.43 bits per heavy atom. The topological polar surface area (TPSA) is 78.7 Å². The average Bonchev–Trinajstić information content (AvgIpc) is 2.72. The fourth-order valence-electron chi connectivity index (χ4n) is 2.47. The molecule has 1 N–H and O–H groups in total. The van der Waals surface area contributed by atoms with Crippen LogP contribution < -0.4 is 5.32 Å². The third-order valence-electron chi connectivity index (χ3n) is 3.87. The Morgan fingerprint density at radius 2 is 1.75 bits per heavy atom. The second-order valence-electron chi connectivity index (χ2n) is 5.87. The first-order chi connectivity index (χ1) is 13.4. The maximum Gasteiger partial charge on any atom is 0.416 e. The highest BCUT2D eigenvalue weighted by molar-refractivity contribution is 6.08. The molecule has 1 aromatic heterocycles. The molecule has 3 rings (SSSR count). The van der Waals surface area contributed by atoms with E-state index in [1.54, 1.807) is 18.2 Å². The van der Waals surface area contributed by atoms with Crippen LogP contribution in [-0.4, -0.2) is 15.8 Å². The quantitative estimate of drug-likeness (QED) is 0.669. The summed E-state index contributed by atoms with van der Waals surface area (Å²) in [5, 5.41) is 11.9. The number of hydrogen-bond acceptors (Lipinski definition) is 5. The van der Waals surface area contributed by atoms with Crippen molar-refractivity contribution >= 4 is 11.7 Å². The normalized spacial score (nSPS) is 10.9. The van der Waals surface area contributed by atoms with Crippen LogP contribution in [0.4, 0.5) is 19.1 Å². The summed E-state index contributed by atoms with van der Waals surface area (Å²) < 4.78 is 38.4. The molecular formula is C20H13F3N4O. The third-order valence-corrected chi connectivity index (χ3v) is 3.87. The molecule has 1 heterocycles. The molecule has 8 heteroatoms. The number of hydrogen-bond donors (Lipinski definition) is 1. The lowest BCUT2D eigenvalue weighted by Crippen LogP contribution is -2.09. The molecule has 0 unspecified atom stereocenters. The largest absolute Gasteiger partial charge is 0.416 e. The Balaban J connectivity index is 1.70. The van der Waals surface area contributed by atoms with Crippen molar-refractivity contribution in [1.82, 2.24) is 9.97 Å². The van der Waals surface area contributed by atoms with Crippen molar-refractivity contribution < 1.29 is 18.0 Å². The number of nitriles is 1. The number of rotatable bonds is 5. The van der Waals surface area contributed by atoms with Crippen molar-refractivity contribution in [2.24, 2.45) is 0 Å². The molecule has 2 aromatic carbocycles. The predicted molar refractivity (Wildman–Crippen MR) is 95.4 cm³/mol. The van der Waals surface area contributed by atoms with Crippen LogP contribution in [0.5, 0.6) is 0 Å². The number of ketones is 1. The van der Waals surface area contributed by atoms with Crippen LogP contribution in [0, 0.1) is 11.3 Å². The van der Waals surface area contributed by atoms with Crippen LogP contribution >= 0.6 is 0 Å². The van der Waals surface area contributed by atoms with Gasteiger partial charge in [0.1, 0.15) is 0 Å². The number of carbonyl (C=O) groups excluding carboxylic acids is 1. The Labute approximate surface area is 158 Å². The number of nitrogens with one attached hydrogen (secondary N) is 1. The highest BCUT2D eigenvalue weighted by atomic mass is 19.4. The molecule has 0 bridgehead atoms. The number of anilines is 1. The first kappa shape index (κ1) is 19.0. The van der Waals surface area contributed by atoms with Gasteiger partial charge in [0.15, 0.2) is 5.78 Å². The summed E-state index contributed by atoms with van der Waals surface area (Å²) >= 11 is 0. The van der Waals surface area contributed by atoms with Gasteiger partial charge in [0, 0.05) is 24.5 Å². The van der Waals surface area contributed by atoms with E-state index in [1.807, 2.05) is 12.1 Å². The van der Waals surface area contributed by atoms with E-state index < -0.39 is 17.5 Å². The first-order valence-corrected chi connectivity index (χ1v) is 8.14. The molecule has 0 aliphatic rings. The molecule has 0 atom stereocenters. The summed E-state index contributed by atoms with van der Waals surface area (Å²) in [6.45, 7) is 0.371. The lowest BCUT2D eigenvalue weighted by atomic mass is 10.0. The number of nitrogens with zero attached hydrogens (tertiary/aromatic N) is 3. The van der Waals surface area contributed by atoms with E-state index in [1.165, 1.54) is 24.5 Å². The minimum atomic E-state index is -4.52. The van der Waals surface area contributed by atoms with E-state index in [9.17, 15) is 18.0 Å². The molecule has 0 saturated carbocycles. The van der Waals surface area contributed by atoms with Crippen molar-refractivity contribution in [1.29, 1.82) is 5.26 Å². The Hall–Kier alpha value is -3.73. The highest BCUT2D eigenvalue weighted by Crippen LogP contribution is 2.30. The maximum absolute atomic E-state index is 12.8. The molecule has 0 fully saturated rings. The maximum atomic E-state index is 12.8. The van der Waals surface area contributed by atoms with Crippen LogP contribution in [0.15, 0.2) is 60.9 Å². The minimum absolute atomic E-state index is 0.0800. The summed E-state index contributed by atoms with van der Waals surface area (Å²) in [5.41, 5.74) is 0.481. The number of aromatic nitrogens is 2. The van der Waals surface area contributed by atoms with E-state index in [4.69, 9.17) is 5.26 Å². The van der Waals surface area contributed by atoms with Crippen LogP contribution in [0.1, 0.15) is 32.6 Å². The third kappa shape index (κ3) is 4.51. The second-order valence-corrected chi connectivity index (χ2v) is 5.87. The zero-order valence-electron chi connectivity index (χ0n) is 14.4. The van der Waals surface area contributed by atoms with Gasteiger partial charge in [-0.2, -0.15) is 18.4 Å². The number of carbonyl (C=O) groups is 1. The molecule has 0 aliphatic carbocycles. The fourth-order valence-corrected chi connectivity index (χ4v) is 2.47. The van der Waals surface area contributed by atoms with Crippen molar-refractivity contribution in [3.63, 3.8) is 0 Å². The van der Waals surface area contributed by atoms with E-state index in [0.717, 1.165) is 17.7 Å². The average molecular weight is 382 g/mol. The fraction of sp³-hybridized carbons (Fsp3) is 0.100. The zero-order chi connectivity index (χ0) is 20.1. The van der Waals surface area contributed by atoms with Gasteiger partial charge in [-0.05, 0) is 29.8 Å². The molecule has 0 spiro atoms. The monoisotopic (exact) mass is 382 g/mol. The van der Waals surface area contributed by atoms with E-state index in [-0.39, 0.29) is 17.1 Å². The second kappa shape index (κ2) is 7.88. The molecule has 0 saturated heterocycles. The van der Waals surface area contributed by atoms with Gasteiger partial charge in [0.05, 0.1) is 22.8 Å². The molecule has 0 amide bonds. The van der Waals surface area contributed by atoms with E-state index in [2.05, 4.69) is 15.3 Å². The van der Waals surface area contributed by atoms with Crippen molar-refractivity contribution in [3.05, 3.63) is 88.7 Å². The van der Waals surface area contributed by atoms with Gasteiger partial charge in [-0.25, -0.2) is 9.97 Å². The van der Waals surface area contributed by atoms with Crippen LogP contribution in [0.25, 0.3) is 0 Å². The van der Waals surface area contributed by atoms with E-state index in [0.29, 0.717) is 12.1 Å². The Morgan fingerprint density at radius 1 is 1.04 bits per heavy atom. The lowest BCUT2D eigenvalue weighted by Gasteiger charge is -2.08. The summed E-state index contributed by atoms with van der Waals surface area (Å²) in [4.78, 5) is 20.4. The van der Waals surface area contributed by atoms with Crippen LogP contribution in [0.3, 0.4) is 0 Å². The Kier molecular flexibility index (Phi) is 5.36. The highest BCUT2D eigenvalue weighted by Gasteiger charge is 2.31. The number of alkyl halides is 3.